The molecule has 11 heteroatoms. The van der Waals surface area contributed by atoms with Gasteiger partial charge in [0.05, 0.1) is 19.1 Å². The van der Waals surface area contributed by atoms with E-state index < -0.39 is 60.8 Å². The van der Waals surface area contributed by atoms with Crippen molar-refractivity contribution in [3.8, 4) is 0 Å². The van der Waals surface area contributed by atoms with Gasteiger partial charge in [-0.15, -0.1) is 0 Å². The van der Waals surface area contributed by atoms with Gasteiger partial charge in [-0.3, -0.25) is 0 Å². The summed E-state index contributed by atoms with van der Waals surface area (Å²) in [6.07, 6.45) is -6.83. The van der Waals surface area contributed by atoms with Crippen LogP contribution in [0.2, 0.25) is 0 Å². The van der Waals surface area contributed by atoms with Crippen LogP contribution in [-0.2, 0) is 4.79 Å². The highest BCUT2D eigenvalue weighted by Gasteiger charge is 2.61. The van der Waals surface area contributed by atoms with E-state index in [1.165, 1.54) is 0 Å². The van der Waals surface area contributed by atoms with Crippen molar-refractivity contribution in [2.24, 2.45) is 0 Å². The Morgan fingerprint density at radius 1 is 1.33 bits per heavy atom. The second-order valence-electron chi connectivity index (χ2n) is 5.39. The van der Waals surface area contributed by atoms with Crippen molar-refractivity contribution < 1.29 is 42.1 Å². The Labute approximate surface area is 132 Å². The number of hydrogen-bond acceptors (Lipinski definition) is 6. The van der Waals surface area contributed by atoms with E-state index in [1.54, 1.807) is 0 Å². The van der Waals surface area contributed by atoms with E-state index in [4.69, 9.17) is 5.11 Å². The smallest absolute Gasteiger partial charge is 0.420 e. The average molecular weight is 355 g/mol. The topological polar surface area (TPSA) is 95.9 Å². The molecule has 0 aliphatic carbocycles. The molecule has 1 atom stereocenters. The number of carboxylic acids is 1. The highest BCUT2D eigenvalue weighted by molar-refractivity contribution is 5.70. The minimum Gasteiger partial charge on any atom is -0.547 e. The van der Waals surface area contributed by atoms with Crippen molar-refractivity contribution >= 4 is 17.3 Å². The van der Waals surface area contributed by atoms with Crippen molar-refractivity contribution in [1.29, 1.82) is 0 Å². The number of β-amino-alcohol motifs (C(OH)–C–C–N with tert-alkyl or cyclic N) is 1. The van der Waals surface area contributed by atoms with E-state index in [2.05, 4.69) is 5.32 Å². The van der Waals surface area contributed by atoms with E-state index >= 15 is 0 Å². The highest BCUT2D eigenvalue weighted by Crippen LogP contribution is 2.41. The third kappa shape index (κ3) is 3.36. The number of aliphatic carboxylic acids is 1. The van der Waals surface area contributed by atoms with Gasteiger partial charge in [0.15, 0.2) is 17.2 Å². The van der Waals surface area contributed by atoms with Gasteiger partial charge in [0.25, 0.3) is 0 Å². The summed E-state index contributed by atoms with van der Waals surface area (Å²) in [5.74, 6) is -4.19. The molecule has 2 rings (SSSR count). The number of carbonyl (C=O) groups excluding carboxylic acids is 1. The maximum absolute atomic E-state index is 13.9. The number of halogens is 5. The number of rotatable bonds is 5. The summed E-state index contributed by atoms with van der Waals surface area (Å²) in [7, 11) is 0. The Hall–Kier alpha value is -2.14. The monoisotopic (exact) mass is 355 g/mol. The molecule has 0 radical (unpaired) electrons. The summed E-state index contributed by atoms with van der Waals surface area (Å²) in [4.78, 5) is 11.0. The Morgan fingerprint density at radius 2 is 1.83 bits per heavy atom. The molecule has 0 saturated carbocycles. The predicted molar refractivity (Wildman–Crippen MR) is 69.1 cm³/mol. The first-order valence-electron chi connectivity index (χ1n) is 6.60. The summed E-state index contributed by atoms with van der Waals surface area (Å²) in [5, 5.41) is 30.9. The molecule has 1 fully saturated rings. The van der Waals surface area contributed by atoms with Gasteiger partial charge in [-0.2, -0.15) is 13.2 Å². The zero-order valence-corrected chi connectivity index (χ0v) is 11.9. The summed E-state index contributed by atoms with van der Waals surface area (Å²) < 4.78 is 65.5. The number of alkyl halides is 3. The Bertz CT molecular complexity index is 623. The first-order chi connectivity index (χ1) is 10.9. The van der Waals surface area contributed by atoms with E-state index in [0.29, 0.717) is 4.90 Å². The quantitative estimate of drug-likeness (QED) is 0.622. The van der Waals surface area contributed by atoms with Gasteiger partial charge in [-0.05, 0) is 12.1 Å². The lowest BCUT2D eigenvalue weighted by Crippen LogP contribution is -2.69. The lowest BCUT2D eigenvalue weighted by atomic mass is 9.92. The van der Waals surface area contributed by atoms with Crippen molar-refractivity contribution in [2.75, 3.05) is 29.9 Å². The number of carbonyl (C=O) groups is 1. The summed E-state index contributed by atoms with van der Waals surface area (Å²) in [6, 6.07) is 1.46. The van der Waals surface area contributed by atoms with E-state index in [-0.39, 0.29) is 5.69 Å². The third-order valence-electron chi connectivity index (χ3n) is 3.54. The fourth-order valence-electron chi connectivity index (χ4n) is 2.19. The van der Waals surface area contributed by atoms with Crippen molar-refractivity contribution in [2.45, 2.75) is 17.9 Å². The molecule has 0 unspecified atom stereocenters. The zero-order chi connectivity index (χ0) is 18.3. The zero-order valence-electron chi connectivity index (χ0n) is 11.9. The minimum atomic E-state index is -4.92. The summed E-state index contributed by atoms with van der Waals surface area (Å²) >= 11 is 0. The molecule has 0 bridgehead atoms. The van der Waals surface area contributed by atoms with Crippen LogP contribution in [-0.4, -0.2) is 53.7 Å². The molecule has 134 valence electrons. The van der Waals surface area contributed by atoms with Crippen LogP contribution < -0.4 is 15.3 Å². The molecular weight excluding hydrogens is 343 g/mol. The second kappa shape index (κ2) is 6.06. The molecule has 1 saturated heterocycles. The second-order valence-corrected chi connectivity index (χ2v) is 5.39. The largest absolute Gasteiger partial charge is 0.547 e. The molecule has 24 heavy (non-hydrogen) atoms. The van der Waals surface area contributed by atoms with Crippen LogP contribution in [0.3, 0.4) is 0 Å². The SMILES string of the molecule is O=C([O-])[C@H](O)CNc1cc(F)c(N2CC(O)(C(F)(F)F)C2)c(F)c1. The van der Waals surface area contributed by atoms with Gasteiger partial charge < -0.3 is 30.3 Å². The standard InChI is InChI=1S/C13H13F5N2O4/c14-7-1-6(19-3-9(21)11(22)23)2-8(15)10(7)20-4-12(24,5-20)13(16,17)18/h1-2,9,19,21,24H,3-5H2,(H,22,23)/p-1/t9-/m1/s1. The van der Waals surface area contributed by atoms with Gasteiger partial charge >= 0.3 is 6.18 Å². The molecule has 0 spiro atoms. The van der Waals surface area contributed by atoms with Crippen molar-refractivity contribution in [3.63, 3.8) is 0 Å². The molecule has 1 aliphatic heterocycles. The minimum absolute atomic E-state index is 0.222. The van der Waals surface area contributed by atoms with E-state index in [9.17, 15) is 37.0 Å². The van der Waals surface area contributed by atoms with Crippen molar-refractivity contribution in [3.05, 3.63) is 23.8 Å². The Balaban J connectivity index is 2.10. The number of hydrogen-bond donors (Lipinski definition) is 3. The number of anilines is 2. The maximum Gasteiger partial charge on any atom is 0.420 e. The molecule has 3 N–H and O–H groups in total. The fourth-order valence-corrected chi connectivity index (χ4v) is 2.19. The van der Waals surface area contributed by atoms with Gasteiger partial charge in [-0.1, -0.05) is 0 Å². The van der Waals surface area contributed by atoms with Crippen LogP contribution in [0.15, 0.2) is 12.1 Å². The molecule has 6 nitrogen and oxygen atoms in total. The van der Waals surface area contributed by atoms with Crippen LogP contribution in [0.1, 0.15) is 0 Å². The molecule has 1 aliphatic rings. The molecule has 1 aromatic carbocycles. The predicted octanol–water partition coefficient (Wildman–Crippen LogP) is -0.399. The number of nitrogens with one attached hydrogen (secondary N) is 1. The molecule has 0 amide bonds. The van der Waals surface area contributed by atoms with Gasteiger partial charge in [0.1, 0.15) is 11.8 Å². The number of nitrogens with zero attached hydrogens (tertiary/aromatic N) is 1. The lowest BCUT2D eigenvalue weighted by Gasteiger charge is -2.48. The van der Waals surface area contributed by atoms with Gasteiger partial charge in [0.2, 0.25) is 0 Å². The number of benzene rings is 1. The highest BCUT2D eigenvalue weighted by atomic mass is 19.4. The molecule has 1 heterocycles. The molecular formula is C13H12F5N2O4-. The molecule has 1 aromatic rings. The summed E-state index contributed by atoms with van der Waals surface area (Å²) in [6.45, 7) is -2.61. The van der Waals surface area contributed by atoms with Crippen LogP contribution in [0.5, 0.6) is 0 Å². The molecule has 0 aromatic heterocycles. The van der Waals surface area contributed by atoms with E-state index in [1.807, 2.05) is 0 Å². The number of carboxylic acid groups (broad SMARTS) is 1. The Morgan fingerprint density at radius 3 is 2.25 bits per heavy atom. The van der Waals surface area contributed by atoms with Crippen LogP contribution in [0, 0.1) is 11.6 Å². The Kier molecular flexibility index (Phi) is 4.59. The van der Waals surface area contributed by atoms with Gasteiger partial charge in [-0.25, -0.2) is 8.78 Å². The first-order valence-corrected chi connectivity index (χ1v) is 6.60. The average Bonchev–Trinajstić information content (AvgIpc) is 2.40. The van der Waals surface area contributed by atoms with Crippen molar-refractivity contribution in [1.82, 2.24) is 0 Å². The number of aliphatic hydroxyl groups is 2. The van der Waals surface area contributed by atoms with Crippen LogP contribution in [0.4, 0.5) is 33.3 Å². The number of aliphatic hydroxyl groups excluding tert-OH is 1. The fraction of sp³-hybridized carbons (Fsp3) is 0.462. The van der Waals surface area contributed by atoms with Gasteiger partial charge in [0, 0.05) is 12.2 Å². The summed E-state index contributed by atoms with van der Waals surface area (Å²) in [5.41, 5.74) is -3.99. The van der Waals surface area contributed by atoms with E-state index in [0.717, 1.165) is 12.1 Å². The van der Waals surface area contributed by atoms with Crippen LogP contribution >= 0.6 is 0 Å². The maximum atomic E-state index is 13.9. The third-order valence-corrected chi connectivity index (χ3v) is 3.54. The lowest BCUT2D eigenvalue weighted by molar-refractivity contribution is -0.314. The first kappa shape index (κ1) is 18.2. The normalized spacial score (nSPS) is 18.0. The van der Waals surface area contributed by atoms with Crippen LogP contribution in [0.25, 0.3) is 0 Å².